The third-order valence-corrected chi connectivity index (χ3v) is 5.65. The van der Waals surface area contributed by atoms with Crippen LogP contribution in [0.1, 0.15) is 11.1 Å². The molecule has 0 radical (unpaired) electrons. The molecule has 0 fully saturated rings. The average molecular weight is 419 g/mol. The Balaban J connectivity index is 1.92. The Labute approximate surface area is 181 Å². The minimum absolute atomic E-state index is 0.601. The minimum atomic E-state index is 0.601. The monoisotopic (exact) mass is 418 g/mol. The van der Waals surface area contributed by atoms with Gasteiger partial charge in [-0.1, -0.05) is 17.7 Å². The van der Waals surface area contributed by atoms with Gasteiger partial charge in [-0.2, -0.15) is 5.10 Å². The summed E-state index contributed by atoms with van der Waals surface area (Å²) >= 11 is 6.92. The number of rotatable bonds is 5. The summed E-state index contributed by atoms with van der Waals surface area (Å²) in [6.45, 7) is 4.20. The maximum atomic E-state index is 6.92. The van der Waals surface area contributed by atoms with Crippen LogP contribution < -0.4 is 9.47 Å². The van der Waals surface area contributed by atoms with Crippen molar-refractivity contribution in [3.05, 3.63) is 82.9 Å². The zero-order valence-electron chi connectivity index (χ0n) is 17.4. The van der Waals surface area contributed by atoms with Crippen LogP contribution in [0.4, 0.5) is 0 Å². The summed E-state index contributed by atoms with van der Waals surface area (Å²) in [6.07, 6.45) is 0. The molecule has 0 saturated carbocycles. The van der Waals surface area contributed by atoms with Crippen LogP contribution in [0.3, 0.4) is 0 Å². The molecule has 1 aromatic heterocycles. The van der Waals surface area contributed by atoms with Gasteiger partial charge >= 0.3 is 0 Å². The Bertz CT molecular complexity index is 1180. The van der Waals surface area contributed by atoms with E-state index in [1.807, 2.05) is 53.2 Å². The van der Waals surface area contributed by atoms with Gasteiger partial charge in [-0.15, -0.1) is 0 Å². The molecule has 4 aromatic rings. The lowest BCUT2D eigenvalue weighted by molar-refractivity contribution is 0.414. The van der Waals surface area contributed by atoms with Crippen LogP contribution in [0.15, 0.2) is 66.7 Å². The lowest BCUT2D eigenvalue weighted by Gasteiger charge is -2.10. The molecule has 0 amide bonds. The highest BCUT2D eigenvalue weighted by molar-refractivity contribution is 6.35. The fourth-order valence-electron chi connectivity index (χ4n) is 3.37. The van der Waals surface area contributed by atoms with Gasteiger partial charge in [-0.25, -0.2) is 4.68 Å². The van der Waals surface area contributed by atoms with E-state index in [-0.39, 0.29) is 0 Å². The number of hydrogen-bond acceptors (Lipinski definition) is 3. The van der Waals surface area contributed by atoms with Crippen LogP contribution in [-0.2, 0) is 0 Å². The van der Waals surface area contributed by atoms with Crippen molar-refractivity contribution in [2.75, 3.05) is 14.2 Å². The number of halogens is 1. The first-order chi connectivity index (χ1) is 14.5. The molecule has 30 heavy (non-hydrogen) atoms. The Kier molecular flexibility index (Phi) is 5.51. The molecule has 0 unspecified atom stereocenters. The Morgan fingerprint density at radius 1 is 0.733 bits per heavy atom. The van der Waals surface area contributed by atoms with E-state index in [0.29, 0.717) is 5.02 Å². The van der Waals surface area contributed by atoms with Crippen molar-refractivity contribution >= 4 is 11.6 Å². The van der Waals surface area contributed by atoms with Gasteiger partial charge < -0.3 is 9.47 Å². The standard InChI is InChI=1S/C25H23ClN2O2/c1-16-5-10-20(15-17(16)2)28-25(19-8-13-22(30-4)14-9-19)23(26)24(27-28)18-6-11-21(29-3)12-7-18/h5-15H,1-4H3. The van der Waals surface area contributed by atoms with Gasteiger partial charge in [-0.05, 0) is 85.6 Å². The molecule has 0 saturated heterocycles. The molecule has 0 aliphatic heterocycles. The normalized spacial score (nSPS) is 10.8. The summed E-state index contributed by atoms with van der Waals surface area (Å²) < 4.78 is 12.5. The highest BCUT2D eigenvalue weighted by Gasteiger charge is 2.20. The van der Waals surface area contributed by atoms with Crippen molar-refractivity contribution in [3.8, 4) is 39.7 Å². The molecule has 4 nitrogen and oxygen atoms in total. The van der Waals surface area contributed by atoms with E-state index in [2.05, 4.69) is 32.0 Å². The van der Waals surface area contributed by atoms with E-state index in [1.165, 1.54) is 11.1 Å². The molecule has 1 heterocycles. The van der Waals surface area contributed by atoms with E-state index < -0.39 is 0 Å². The van der Waals surface area contributed by atoms with Gasteiger partial charge in [0.1, 0.15) is 17.2 Å². The first-order valence-electron chi connectivity index (χ1n) is 9.67. The van der Waals surface area contributed by atoms with E-state index in [9.17, 15) is 0 Å². The Hall–Kier alpha value is -3.24. The second-order valence-electron chi connectivity index (χ2n) is 7.15. The van der Waals surface area contributed by atoms with Gasteiger partial charge in [0.2, 0.25) is 0 Å². The Morgan fingerprint density at radius 3 is 1.83 bits per heavy atom. The first kappa shape index (κ1) is 20.0. The van der Waals surface area contributed by atoms with Gasteiger partial charge in [0.05, 0.1) is 30.6 Å². The number of ether oxygens (including phenoxy) is 2. The lowest BCUT2D eigenvalue weighted by atomic mass is 10.1. The minimum Gasteiger partial charge on any atom is -0.497 e. The van der Waals surface area contributed by atoms with Crippen LogP contribution >= 0.6 is 11.6 Å². The number of methoxy groups -OCH3 is 2. The summed E-state index contributed by atoms with van der Waals surface area (Å²) in [5, 5.41) is 5.51. The van der Waals surface area contributed by atoms with Crippen molar-refractivity contribution in [3.63, 3.8) is 0 Å². The maximum Gasteiger partial charge on any atom is 0.118 e. The van der Waals surface area contributed by atoms with E-state index in [4.69, 9.17) is 26.2 Å². The smallest absolute Gasteiger partial charge is 0.118 e. The highest BCUT2D eigenvalue weighted by atomic mass is 35.5. The summed E-state index contributed by atoms with van der Waals surface area (Å²) in [4.78, 5) is 0. The number of benzene rings is 3. The first-order valence-corrected chi connectivity index (χ1v) is 10.0. The van der Waals surface area contributed by atoms with Crippen LogP contribution in [0.2, 0.25) is 5.02 Å². The van der Waals surface area contributed by atoms with Crippen molar-refractivity contribution in [2.24, 2.45) is 0 Å². The predicted molar refractivity (Wildman–Crippen MR) is 122 cm³/mol. The maximum absolute atomic E-state index is 6.92. The number of aromatic nitrogens is 2. The molecule has 0 aliphatic rings. The van der Waals surface area contributed by atoms with Crippen molar-refractivity contribution in [1.29, 1.82) is 0 Å². The molecule has 0 N–H and O–H groups in total. The number of aryl methyl sites for hydroxylation is 2. The molecular weight excluding hydrogens is 396 g/mol. The fraction of sp³-hybridized carbons (Fsp3) is 0.160. The molecule has 152 valence electrons. The molecule has 0 bridgehead atoms. The van der Waals surface area contributed by atoms with Crippen LogP contribution in [0.25, 0.3) is 28.2 Å². The zero-order valence-corrected chi connectivity index (χ0v) is 18.2. The highest BCUT2D eigenvalue weighted by Crippen LogP contribution is 2.39. The van der Waals surface area contributed by atoms with Gasteiger partial charge in [0.15, 0.2) is 0 Å². The summed E-state index contributed by atoms with van der Waals surface area (Å²) in [7, 11) is 3.31. The molecule has 0 atom stereocenters. The van der Waals surface area contributed by atoms with Gasteiger partial charge in [-0.3, -0.25) is 0 Å². The van der Waals surface area contributed by atoms with Crippen molar-refractivity contribution < 1.29 is 9.47 Å². The molecule has 0 aliphatic carbocycles. The third-order valence-electron chi connectivity index (χ3n) is 5.29. The predicted octanol–water partition coefficient (Wildman–Crippen LogP) is 6.49. The van der Waals surface area contributed by atoms with Crippen LogP contribution in [0, 0.1) is 13.8 Å². The summed E-state index contributed by atoms with van der Waals surface area (Å²) in [6, 6.07) is 21.9. The van der Waals surface area contributed by atoms with Crippen molar-refractivity contribution in [1.82, 2.24) is 9.78 Å². The summed E-state index contributed by atoms with van der Waals surface area (Å²) in [5.74, 6) is 1.58. The summed E-state index contributed by atoms with van der Waals surface area (Å²) in [5.41, 5.74) is 6.86. The van der Waals surface area contributed by atoms with Crippen molar-refractivity contribution in [2.45, 2.75) is 13.8 Å². The van der Waals surface area contributed by atoms with E-state index in [1.54, 1.807) is 14.2 Å². The largest absolute Gasteiger partial charge is 0.497 e. The lowest BCUT2D eigenvalue weighted by Crippen LogP contribution is -2.00. The molecule has 0 spiro atoms. The SMILES string of the molecule is COc1ccc(-c2nn(-c3ccc(C)c(C)c3)c(-c3ccc(OC)cc3)c2Cl)cc1. The van der Waals surface area contributed by atoms with Crippen LogP contribution in [-0.4, -0.2) is 24.0 Å². The quantitative estimate of drug-likeness (QED) is 0.371. The second-order valence-corrected chi connectivity index (χ2v) is 7.53. The average Bonchev–Trinajstić information content (AvgIpc) is 3.12. The van der Waals surface area contributed by atoms with E-state index >= 15 is 0 Å². The number of hydrogen-bond donors (Lipinski definition) is 0. The van der Waals surface area contributed by atoms with Gasteiger partial charge in [0, 0.05) is 11.1 Å². The molecular formula is C25H23ClN2O2. The van der Waals surface area contributed by atoms with Gasteiger partial charge in [0.25, 0.3) is 0 Å². The topological polar surface area (TPSA) is 36.3 Å². The van der Waals surface area contributed by atoms with E-state index in [0.717, 1.165) is 39.7 Å². The fourth-order valence-corrected chi connectivity index (χ4v) is 3.71. The Morgan fingerprint density at radius 2 is 1.30 bits per heavy atom. The third kappa shape index (κ3) is 3.66. The molecule has 3 aromatic carbocycles. The molecule has 4 rings (SSSR count). The number of nitrogens with zero attached hydrogens (tertiary/aromatic N) is 2. The van der Waals surface area contributed by atoms with Crippen LogP contribution in [0.5, 0.6) is 11.5 Å². The molecule has 5 heteroatoms. The zero-order chi connectivity index (χ0) is 21.3. The second kappa shape index (κ2) is 8.25.